The van der Waals surface area contributed by atoms with Gasteiger partial charge in [0.15, 0.2) is 5.82 Å². The maximum Gasteiger partial charge on any atom is 0.160 e. The van der Waals surface area contributed by atoms with Crippen LogP contribution in [0.15, 0.2) is 194 Å². The van der Waals surface area contributed by atoms with Crippen LogP contribution in [0.4, 0.5) is 0 Å². The number of rotatable bonds is 6. The predicted octanol–water partition coefficient (Wildman–Crippen LogP) is 13.4. The molecule has 248 valence electrons. The average Bonchev–Trinajstić information content (AvgIpc) is 3.24. The third-order valence-electron chi connectivity index (χ3n) is 10.1. The molecule has 53 heavy (non-hydrogen) atoms. The lowest BCUT2D eigenvalue weighted by molar-refractivity contribution is 0.487. The molecule has 0 saturated heterocycles. The average molecular weight is 677 g/mol. The quantitative estimate of drug-likeness (QED) is 0.176. The molecule has 0 atom stereocenters. The molecular weight excluding hydrogens is 645 g/mol. The highest BCUT2D eigenvalue weighted by atomic mass is 16.5. The fourth-order valence-corrected chi connectivity index (χ4v) is 7.46. The smallest absolute Gasteiger partial charge is 0.160 e. The number of hydrogen-bond acceptors (Lipinski definition) is 3. The molecule has 0 fully saturated rings. The summed E-state index contributed by atoms with van der Waals surface area (Å²) in [5.74, 6) is 2.48. The van der Waals surface area contributed by atoms with E-state index in [1.807, 2.05) is 24.3 Å². The Morgan fingerprint density at radius 3 is 1.60 bits per heavy atom. The van der Waals surface area contributed by atoms with E-state index in [1.54, 1.807) is 0 Å². The van der Waals surface area contributed by atoms with Crippen LogP contribution in [-0.2, 0) is 0 Å². The number of ether oxygens (including phenoxy) is 1. The molecule has 9 aromatic rings. The van der Waals surface area contributed by atoms with Gasteiger partial charge >= 0.3 is 0 Å². The zero-order chi connectivity index (χ0) is 35.1. The first-order chi connectivity index (χ1) is 26.2. The van der Waals surface area contributed by atoms with Crippen molar-refractivity contribution in [3.63, 3.8) is 0 Å². The van der Waals surface area contributed by atoms with Crippen molar-refractivity contribution in [2.75, 3.05) is 0 Å². The van der Waals surface area contributed by atoms with Crippen molar-refractivity contribution < 1.29 is 4.74 Å². The summed E-state index contributed by atoms with van der Waals surface area (Å²) in [6.07, 6.45) is 0. The fourth-order valence-electron chi connectivity index (χ4n) is 7.46. The van der Waals surface area contributed by atoms with E-state index in [9.17, 15) is 0 Å². The molecule has 10 rings (SSSR count). The second-order valence-electron chi connectivity index (χ2n) is 13.4. The molecule has 3 nitrogen and oxygen atoms in total. The molecule has 0 amide bonds. The molecule has 1 aliphatic heterocycles. The minimum absolute atomic E-state index is 0.690. The summed E-state index contributed by atoms with van der Waals surface area (Å²) >= 11 is 0. The van der Waals surface area contributed by atoms with Crippen molar-refractivity contribution in [1.82, 2.24) is 9.97 Å². The monoisotopic (exact) mass is 676 g/mol. The van der Waals surface area contributed by atoms with Crippen molar-refractivity contribution in [1.29, 1.82) is 0 Å². The first-order valence-corrected chi connectivity index (χ1v) is 17.9. The fraction of sp³-hybridized carbons (Fsp3) is 0. The van der Waals surface area contributed by atoms with Crippen LogP contribution in [-0.4, -0.2) is 9.97 Å². The van der Waals surface area contributed by atoms with E-state index in [0.717, 1.165) is 83.9 Å². The molecule has 0 saturated carbocycles. The molecule has 1 aromatic heterocycles. The molecule has 0 N–H and O–H groups in total. The van der Waals surface area contributed by atoms with Gasteiger partial charge in [-0.25, -0.2) is 9.97 Å². The Hall–Kier alpha value is -7.10. The normalized spacial score (nSPS) is 11.5. The van der Waals surface area contributed by atoms with Crippen LogP contribution in [0.25, 0.3) is 89.2 Å². The molecular formula is C50H32N2O. The van der Waals surface area contributed by atoms with Gasteiger partial charge in [0.1, 0.15) is 11.5 Å². The molecule has 0 bridgehead atoms. The lowest BCUT2D eigenvalue weighted by atomic mass is 9.92. The van der Waals surface area contributed by atoms with E-state index in [1.165, 1.54) is 10.9 Å². The van der Waals surface area contributed by atoms with E-state index in [4.69, 9.17) is 14.7 Å². The van der Waals surface area contributed by atoms with Crippen LogP contribution in [0, 0.1) is 0 Å². The van der Waals surface area contributed by atoms with Crippen LogP contribution >= 0.6 is 0 Å². The van der Waals surface area contributed by atoms with Crippen molar-refractivity contribution >= 4 is 10.8 Å². The summed E-state index contributed by atoms with van der Waals surface area (Å²) in [4.78, 5) is 10.4. The first kappa shape index (κ1) is 30.7. The first-order valence-electron chi connectivity index (χ1n) is 17.9. The van der Waals surface area contributed by atoms with Crippen molar-refractivity contribution in [2.45, 2.75) is 0 Å². The molecule has 2 heterocycles. The Morgan fingerprint density at radius 1 is 0.302 bits per heavy atom. The van der Waals surface area contributed by atoms with Crippen molar-refractivity contribution in [3.8, 4) is 89.9 Å². The van der Waals surface area contributed by atoms with Crippen molar-refractivity contribution in [2.24, 2.45) is 0 Å². The summed E-state index contributed by atoms with van der Waals surface area (Å²) in [6, 6.07) is 68.0. The second-order valence-corrected chi connectivity index (χ2v) is 13.4. The molecule has 0 spiro atoms. The van der Waals surface area contributed by atoms with Crippen LogP contribution in [0.5, 0.6) is 11.5 Å². The van der Waals surface area contributed by atoms with Crippen LogP contribution in [0.2, 0.25) is 0 Å². The molecule has 1 aliphatic rings. The van der Waals surface area contributed by atoms with E-state index < -0.39 is 0 Å². The van der Waals surface area contributed by atoms with E-state index in [0.29, 0.717) is 5.82 Å². The molecule has 0 aliphatic carbocycles. The van der Waals surface area contributed by atoms with Gasteiger partial charge in [-0.15, -0.1) is 0 Å². The number of fused-ring (bicyclic) bond motifs is 2. The van der Waals surface area contributed by atoms with Crippen LogP contribution in [0.3, 0.4) is 0 Å². The van der Waals surface area contributed by atoms with Gasteiger partial charge in [-0.3, -0.25) is 0 Å². The summed E-state index contributed by atoms with van der Waals surface area (Å²) in [5.41, 5.74) is 13.9. The van der Waals surface area contributed by atoms with Gasteiger partial charge in [-0.2, -0.15) is 0 Å². The van der Waals surface area contributed by atoms with Crippen molar-refractivity contribution in [3.05, 3.63) is 194 Å². The zero-order valence-corrected chi connectivity index (χ0v) is 28.8. The highest BCUT2D eigenvalue weighted by molar-refractivity contribution is 6.04. The third-order valence-corrected chi connectivity index (χ3v) is 10.1. The lowest BCUT2D eigenvalue weighted by Crippen LogP contribution is -1.98. The minimum atomic E-state index is 0.690. The standard InChI is InChI=1S/C50H32N2O/c1-4-12-33(13-5-1)39-26-28-41(35-14-6-2-7-15-35)43(30-39)46-32-45(51-50(52-46)38-16-8-3-9-17-38)36-24-22-34(23-25-36)40-27-29-47-44(31-40)42-20-10-18-37-19-11-21-48(53-47)49(37)42/h1-32H. The number of nitrogens with zero attached hydrogens (tertiary/aromatic N) is 2. The van der Waals surface area contributed by atoms with Gasteiger partial charge in [0.05, 0.1) is 11.4 Å². The molecule has 8 aromatic carbocycles. The molecule has 0 radical (unpaired) electrons. The zero-order valence-electron chi connectivity index (χ0n) is 28.8. The number of benzene rings is 8. The van der Waals surface area contributed by atoms with E-state index in [-0.39, 0.29) is 0 Å². The molecule has 3 heteroatoms. The Morgan fingerprint density at radius 2 is 0.868 bits per heavy atom. The van der Waals surface area contributed by atoms with Gasteiger partial charge < -0.3 is 4.74 Å². The largest absolute Gasteiger partial charge is 0.456 e. The Balaban J connectivity index is 1.08. The van der Waals surface area contributed by atoms with E-state index >= 15 is 0 Å². The maximum absolute atomic E-state index is 6.37. The summed E-state index contributed by atoms with van der Waals surface area (Å²) < 4.78 is 6.37. The highest BCUT2D eigenvalue weighted by Gasteiger charge is 2.21. The summed E-state index contributed by atoms with van der Waals surface area (Å²) in [6.45, 7) is 0. The maximum atomic E-state index is 6.37. The topological polar surface area (TPSA) is 35.0 Å². The van der Waals surface area contributed by atoms with Gasteiger partial charge in [0.25, 0.3) is 0 Å². The van der Waals surface area contributed by atoms with E-state index in [2.05, 4.69) is 170 Å². The summed E-state index contributed by atoms with van der Waals surface area (Å²) in [5, 5.41) is 2.34. The third kappa shape index (κ3) is 5.65. The summed E-state index contributed by atoms with van der Waals surface area (Å²) in [7, 11) is 0. The molecule has 0 unspecified atom stereocenters. The Labute approximate surface area is 308 Å². The second kappa shape index (κ2) is 12.9. The SMILES string of the molecule is c1ccc(-c2ccc(-c3ccccc3)c(-c3cc(-c4ccc(-c5ccc6c(c5)-c5cccc7cccc(c57)O6)cc4)nc(-c4ccccc4)n3)c2)cc1. The van der Waals surface area contributed by atoms with Gasteiger partial charge in [0.2, 0.25) is 0 Å². The minimum Gasteiger partial charge on any atom is -0.456 e. The number of hydrogen-bond donors (Lipinski definition) is 0. The van der Waals surface area contributed by atoms with Gasteiger partial charge in [-0.05, 0) is 74.7 Å². The number of aromatic nitrogens is 2. The highest BCUT2D eigenvalue weighted by Crippen LogP contribution is 2.47. The predicted molar refractivity (Wildman–Crippen MR) is 218 cm³/mol. The van der Waals surface area contributed by atoms with Crippen LogP contribution < -0.4 is 4.74 Å². The Kier molecular flexibility index (Phi) is 7.47. The van der Waals surface area contributed by atoms with Gasteiger partial charge in [0, 0.05) is 27.6 Å². The Bertz CT molecular complexity index is 2770. The lowest BCUT2D eigenvalue weighted by Gasteiger charge is -2.22. The van der Waals surface area contributed by atoms with Gasteiger partial charge in [-0.1, -0.05) is 164 Å². The van der Waals surface area contributed by atoms with Crippen LogP contribution in [0.1, 0.15) is 0 Å².